The van der Waals surface area contributed by atoms with Gasteiger partial charge < -0.3 is 32.2 Å². The van der Waals surface area contributed by atoms with Crippen LogP contribution in [-0.4, -0.2) is 61.6 Å². The number of carbonyl (C=O) groups is 1. The summed E-state index contributed by atoms with van der Waals surface area (Å²) in [5, 5.41) is 0. The van der Waals surface area contributed by atoms with Crippen LogP contribution >= 0.6 is 0 Å². The summed E-state index contributed by atoms with van der Waals surface area (Å²) in [4.78, 5) is 11.1. The van der Waals surface area contributed by atoms with E-state index in [2.05, 4.69) is 6.58 Å². The molecule has 0 saturated carbocycles. The van der Waals surface area contributed by atoms with Gasteiger partial charge in [-0.15, -0.1) is 0 Å². The predicted octanol–water partition coefficient (Wildman–Crippen LogP) is 2.46. The lowest BCUT2D eigenvalue weighted by Crippen LogP contribution is -2.52. The maximum atomic E-state index is 11.1. The Bertz CT molecular complexity index is 348. The van der Waals surface area contributed by atoms with Crippen LogP contribution in [-0.2, 0) is 37.0 Å². The lowest BCUT2D eigenvalue weighted by Gasteiger charge is -2.35. The molecule has 0 radical (unpaired) electrons. The van der Waals surface area contributed by atoms with E-state index in [1.54, 1.807) is 20.8 Å². The Morgan fingerprint density at radius 1 is 0.920 bits per heavy atom. The van der Waals surface area contributed by atoms with E-state index in [1.807, 2.05) is 0 Å². The van der Waals surface area contributed by atoms with E-state index in [-0.39, 0.29) is 6.61 Å². The molecule has 0 bridgehead atoms. The van der Waals surface area contributed by atoms with Crippen molar-refractivity contribution >= 4 is 14.8 Å². The van der Waals surface area contributed by atoms with Gasteiger partial charge in [0.15, 0.2) is 0 Å². The van der Waals surface area contributed by atoms with Gasteiger partial charge in [0.25, 0.3) is 0 Å². The van der Waals surface area contributed by atoms with Gasteiger partial charge >= 0.3 is 14.8 Å². The maximum absolute atomic E-state index is 11.1. The molecule has 0 saturated heterocycles. The number of carbonyl (C=O) groups excluding carboxylic acids is 1. The first-order valence-corrected chi connectivity index (χ1v) is 10.2. The van der Waals surface area contributed by atoms with Crippen molar-refractivity contribution in [3.8, 4) is 0 Å². The minimum atomic E-state index is -3.17. The van der Waals surface area contributed by atoms with Crippen molar-refractivity contribution in [3.63, 3.8) is 0 Å². The molecule has 0 rings (SSSR count). The van der Waals surface area contributed by atoms with Crippen molar-refractivity contribution in [2.45, 2.75) is 58.5 Å². The third-order valence-electron chi connectivity index (χ3n) is 3.32. The second kappa shape index (κ2) is 13.4. The molecule has 25 heavy (non-hydrogen) atoms. The number of ether oxygens (including phenoxy) is 4. The van der Waals surface area contributed by atoms with Gasteiger partial charge in [0.05, 0.1) is 6.61 Å². The highest BCUT2D eigenvalue weighted by Gasteiger charge is 2.45. The van der Waals surface area contributed by atoms with Crippen LogP contribution in [0.15, 0.2) is 12.7 Å². The van der Waals surface area contributed by atoms with Crippen LogP contribution in [0.5, 0.6) is 0 Å². The Kier molecular flexibility index (Phi) is 13.0. The molecule has 0 aliphatic rings. The molecule has 3 atom stereocenters. The normalized spacial score (nSPS) is 17.4. The number of hydrogen-bond acceptors (Lipinski definition) is 8. The van der Waals surface area contributed by atoms with Crippen LogP contribution in [0.2, 0.25) is 6.04 Å². The molecule has 0 aromatic rings. The summed E-state index contributed by atoms with van der Waals surface area (Å²) < 4.78 is 38.5. The van der Waals surface area contributed by atoms with Crippen LogP contribution in [0.1, 0.15) is 33.6 Å². The molecule has 148 valence electrons. The smallest absolute Gasteiger partial charge is 0.463 e. The molecule has 0 aliphatic heterocycles. The highest BCUT2D eigenvalue weighted by atomic mass is 28.4. The molecule has 0 fully saturated rings. The molecular weight excluding hydrogens is 348 g/mol. The van der Waals surface area contributed by atoms with Crippen LogP contribution in [0.25, 0.3) is 0 Å². The fourth-order valence-electron chi connectivity index (χ4n) is 1.84. The van der Waals surface area contributed by atoms with Gasteiger partial charge in [-0.3, -0.25) is 0 Å². The fraction of sp³-hybridized carbons (Fsp3) is 0.812. The fourth-order valence-corrected chi connectivity index (χ4v) is 4.85. The summed E-state index contributed by atoms with van der Waals surface area (Å²) in [7, 11) is 1.45. The van der Waals surface area contributed by atoms with Gasteiger partial charge in [0.1, 0.15) is 18.9 Å². The Labute approximate surface area is 151 Å². The van der Waals surface area contributed by atoms with Gasteiger partial charge in [-0.05, 0) is 33.6 Å². The van der Waals surface area contributed by atoms with Crippen molar-refractivity contribution < 1.29 is 37.0 Å². The Hall–Kier alpha value is -0.813. The molecular formula is C16H32O8Si. The Morgan fingerprint density at radius 3 is 1.72 bits per heavy atom. The zero-order valence-corrected chi connectivity index (χ0v) is 17.1. The molecule has 0 N–H and O–H groups in total. The standard InChI is InChI=1S/C16H32O8Si/c1-8-16(17)21-11-9-10-12-25(22-13(2)18-5,23-14(3)19-6)24-15(4)20-7/h8,13-15H,1,9-12H2,2-7H3. The largest absolute Gasteiger partial charge is 0.506 e. The molecule has 0 aromatic carbocycles. The number of methoxy groups -OCH3 is 3. The monoisotopic (exact) mass is 380 g/mol. The van der Waals surface area contributed by atoms with E-state index >= 15 is 0 Å². The van der Waals surface area contributed by atoms with Crippen molar-refractivity contribution in [2.75, 3.05) is 27.9 Å². The molecule has 0 spiro atoms. The minimum Gasteiger partial charge on any atom is -0.463 e. The molecule has 0 amide bonds. The Morgan fingerprint density at radius 2 is 1.36 bits per heavy atom. The third kappa shape index (κ3) is 10.7. The van der Waals surface area contributed by atoms with Crippen molar-refractivity contribution in [1.82, 2.24) is 0 Å². The van der Waals surface area contributed by atoms with E-state index in [0.717, 1.165) is 6.08 Å². The second-order valence-electron chi connectivity index (χ2n) is 5.28. The van der Waals surface area contributed by atoms with Gasteiger partial charge in [-0.2, -0.15) is 0 Å². The summed E-state index contributed by atoms with van der Waals surface area (Å²) in [5.74, 6) is -0.443. The number of esters is 1. The molecule has 0 aliphatic carbocycles. The Balaban J connectivity index is 4.94. The van der Waals surface area contributed by atoms with Crippen molar-refractivity contribution in [3.05, 3.63) is 12.7 Å². The van der Waals surface area contributed by atoms with Gasteiger partial charge in [0, 0.05) is 33.4 Å². The quantitative estimate of drug-likeness (QED) is 0.141. The van der Waals surface area contributed by atoms with Crippen LogP contribution in [0.4, 0.5) is 0 Å². The molecule has 9 heteroatoms. The summed E-state index contributed by atoms with van der Waals surface area (Å²) in [6.45, 7) is 8.92. The van der Waals surface area contributed by atoms with Crippen LogP contribution in [0.3, 0.4) is 0 Å². The number of unbranched alkanes of at least 4 members (excludes halogenated alkanes) is 1. The highest BCUT2D eigenvalue weighted by Crippen LogP contribution is 2.25. The van der Waals surface area contributed by atoms with E-state index in [4.69, 9.17) is 32.2 Å². The molecule has 0 aromatic heterocycles. The predicted molar refractivity (Wildman–Crippen MR) is 93.6 cm³/mol. The third-order valence-corrected chi connectivity index (χ3v) is 6.36. The van der Waals surface area contributed by atoms with E-state index in [0.29, 0.717) is 18.9 Å². The van der Waals surface area contributed by atoms with E-state index in [1.165, 1.54) is 21.3 Å². The topological polar surface area (TPSA) is 81.7 Å². The van der Waals surface area contributed by atoms with Gasteiger partial charge in [0.2, 0.25) is 0 Å². The highest BCUT2D eigenvalue weighted by molar-refractivity contribution is 6.60. The van der Waals surface area contributed by atoms with E-state index in [9.17, 15) is 4.79 Å². The SMILES string of the molecule is C=CC(=O)OCCCC[Si](OC(C)OC)(OC(C)OC)OC(C)OC. The lowest BCUT2D eigenvalue weighted by molar-refractivity contribution is -0.163. The first-order valence-electron chi connectivity index (χ1n) is 8.23. The number of hydrogen-bond donors (Lipinski definition) is 0. The minimum absolute atomic E-state index is 0.287. The molecule has 3 unspecified atom stereocenters. The zero-order valence-electron chi connectivity index (χ0n) is 16.1. The number of rotatable bonds is 15. The first-order chi connectivity index (χ1) is 11.8. The van der Waals surface area contributed by atoms with Crippen molar-refractivity contribution in [1.29, 1.82) is 0 Å². The maximum Gasteiger partial charge on any atom is 0.506 e. The van der Waals surface area contributed by atoms with Gasteiger partial charge in [-0.1, -0.05) is 6.58 Å². The summed E-state index contributed by atoms with van der Waals surface area (Å²) in [6.07, 6.45) is 0.888. The molecule has 0 heterocycles. The average Bonchev–Trinajstić information content (AvgIpc) is 2.60. The van der Waals surface area contributed by atoms with E-state index < -0.39 is 33.6 Å². The van der Waals surface area contributed by atoms with Crippen LogP contribution in [0, 0.1) is 0 Å². The first kappa shape index (κ1) is 24.2. The van der Waals surface area contributed by atoms with Gasteiger partial charge in [-0.25, -0.2) is 4.79 Å². The zero-order chi connectivity index (χ0) is 19.3. The summed E-state index contributed by atoms with van der Waals surface area (Å²) >= 11 is 0. The summed E-state index contributed by atoms with van der Waals surface area (Å²) in [6, 6.07) is 0.494. The summed E-state index contributed by atoms with van der Waals surface area (Å²) in [5.41, 5.74) is 0. The van der Waals surface area contributed by atoms with Crippen molar-refractivity contribution in [2.24, 2.45) is 0 Å². The molecule has 8 nitrogen and oxygen atoms in total. The lowest BCUT2D eigenvalue weighted by atomic mass is 10.4. The second-order valence-corrected chi connectivity index (χ2v) is 7.85. The van der Waals surface area contributed by atoms with Crippen LogP contribution < -0.4 is 0 Å². The average molecular weight is 381 g/mol.